The van der Waals surface area contributed by atoms with Crippen molar-refractivity contribution in [2.45, 2.75) is 24.0 Å². The van der Waals surface area contributed by atoms with Crippen LogP contribution in [-0.4, -0.2) is 23.9 Å². The van der Waals surface area contributed by atoms with E-state index in [1.807, 2.05) is 42.6 Å². The van der Waals surface area contributed by atoms with Crippen molar-refractivity contribution in [1.82, 2.24) is 9.29 Å². The Morgan fingerprint density at radius 1 is 0.929 bits per heavy atom. The monoisotopic (exact) mass is 392 g/mol. The highest BCUT2D eigenvalue weighted by Crippen LogP contribution is 2.27. The van der Waals surface area contributed by atoms with Crippen LogP contribution in [-0.2, 0) is 23.1 Å². The Morgan fingerprint density at radius 3 is 2.25 bits per heavy atom. The molecule has 1 aliphatic heterocycles. The number of pyridine rings is 1. The molecule has 1 aliphatic rings. The number of hydrogen-bond donors (Lipinski definition) is 1. The summed E-state index contributed by atoms with van der Waals surface area (Å²) in [5, 5.41) is 0. The normalized spacial score (nSPS) is 15.7. The Bertz CT molecular complexity index is 1070. The highest BCUT2D eigenvalue weighted by molar-refractivity contribution is 7.89. The third-order valence-corrected chi connectivity index (χ3v) is 6.37. The second kappa shape index (κ2) is 7.53. The van der Waals surface area contributed by atoms with Crippen molar-refractivity contribution in [3.05, 3.63) is 89.7 Å². The molecule has 6 nitrogen and oxygen atoms in total. The molecule has 142 valence electrons. The summed E-state index contributed by atoms with van der Waals surface area (Å²) in [6.07, 6.45) is 3.49. The van der Waals surface area contributed by atoms with Gasteiger partial charge in [-0.2, -0.15) is 4.31 Å². The Morgan fingerprint density at radius 2 is 1.64 bits per heavy atom. The summed E-state index contributed by atoms with van der Waals surface area (Å²) in [7, 11) is -3.71. The summed E-state index contributed by atoms with van der Waals surface area (Å²) < 4.78 is 28.1. The van der Waals surface area contributed by atoms with E-state index in [1.165, 1.54) is 4.31 Å². The number of nitrogen functional groups attached to an aromatic ring is 1. The molecule has 28 heavy (non-hydrogen) atoms. The van der Waals surface area contributed by atoms with Gasteiger partial charge in [-0.25, -0.2) is 8.42 Å². The molecule has 2 aromatic carbocycles. The fourth-order valence-electron chi connectivity index (χ4n) is 2.93. The van der Waals surface area contributed by atoms with E-state index in [0.29, 0.717) is 11.4 Å². The zero-order chi connectivity index (χ0) is 19.6. The van der Waals surface area contributed by atoms with E-state index in [2.05, 4.69) is 9.98 Å². The van der Waals surface area contributed by atoms with Gasteiger partial charge >= 0.3 is 0 Å². The largest absolute Gasteiger partial charge is 0.399 e. The van der Waals surface area contributed by atoms with E-state index in [0.717, 1.165) is 11.1 Å². The molecule has 0 amide bonds. The van der Waals surface area contributed by atoms with Gasteiger partial charge in [0.25, 0.3) is 0 Å². The van der Waals surface area contributed by atoms with Gasteiger partial charge in [-0.15, -0.1) is 0 Å². The van der Waals surface area contributed by atoms with Gasteiger partial charge in [0, 0.05) is 24.6 Å². The lowest BCUT2D eigenvalue weighted by Crippen LogP contribution is -2.30. The number of anilines is 1. The van der Waals surface area contributed by atoms with Crippen molar-refractivity contribution >= 4 is 21.9 Å². The highest BCUT2D eigenvalue weighted by Gasteiger charge is 2.26. The molecule has 4 rings (SSSR count). The number of nitrogens with zero attached hydrogens (tertiary/aromatic N) is 3. The second-order valence-corrected chi connectivity index (χ2v) is 8.59. The van der Waals surface area contributed by atoms with E-state index < -0.39 is 10.0 Å². The molecular formula is C21H20N4O2S. The molecule has 2 N–H and O–H groups in total. The minimum Gasteiger partial charge on any atom is -0.399 e. The van der Waals surface area contributed by atoms with Gasteiger partial charge in [-0.1, -0.05) is 30.3 Å². The van der Waals surface area contributed by atoms with Crippen LogP contribution < -0.4 is 5.73 Å². The fourth-order valence-corrected chi connectivity index (χ4v) is 4.33. The van der Waals surface area contributed by atoms with Crippen molar-refractivity contribution in [2.24, 2.45) is 4.99 Å². The minimum absolute atomic E-state index is 0.0937. The molecule has 1 aromatic heterocycles. The molecule has 3 aromatic rings. The summed E-state index contributed by atoms with van der Waals surface area (Å²) in [6.45, 7) is 0.410. The van der Waals surface area contributed by atoms with E-state index in [9.17, 15) is 8.42 Å². The number of aromatic nitrogens is 1. The number of hydrogen-bond acceptors (Lipinski definition) is 5. The van der Waals surface area contributed by atoms with E-state index in [-0.39, 0.29) is 24.0 Å². The Hall–Kier alpha value is -3.03. The fraction of sp³-hybridized carbons (Fsp3) is 0.143. The smallest absolute Gasteiger partial charge is 0.243 e. The molecular weight excluding hydrogens is 372 g/mol. The van der Waals surface area contributed by atoms with Crippen LogP contribution in [0.3, 0.4) is 0 Å². The van der Waals surface area contributed by atoms with Gasteiger partial charge in [0.15, 0.2) is 0 Å². The topological polar surface area (TPSA) is 88.6 Å². The van der Waals surface area contributed by atoms with Crippen LogP contribution in [0.4, 0.5) is 5.69 Å². The molecule has 0 spiro atoms. The lowest BCUT2D eigenvalue weighted by atomic mass is 10.1. The average molecular weight is 392 g/mol. The molecule has 0 bridgehead atoms. The number of sulfonamides is 1. The number of rotatable bonds is 7. The van der Waals surface area contributed by atoms with Crippen LogP contribution in [0.5, 0.6) is 0 Å². The first-order chi connectivity index (χ1) is 13.5. The van der Waals surface area contributed by atoms with Crippen molar-refractivity contribution in [2.75, 3.05) is 5.73 Å². The molecule has 0 radical (unpaired) electrons. The molecule has 0 saturated heterocycles. The van der Waals surface area contributed by atoms with Crippen molar-refractivity contribution in [3.63, 3.8) is 0 Å². The van der Waals surface area contributed by atoms with E-state index in [4.69, 9.17) is 5.73 Å². The predicted molar refractivity (Wildman–Crippen MR) is 109 cm³/mol. The van der Waals surface area contributed by atoms with Crippen LogP contribution in [0.2, 0.25) is 0 Å². The van der Waals surface area contributed by atoms with Gasteiger partial charge in [-0.3, -0.25) is 9.98 Å². The zero-order valence-electron chi connectivity index (χ0n) is 15.1. The number of aliphatic imine (C=N–C) groups is 1. The van der Waals surface area contributed by atoms with Gasteiger partial charge in [0.2, 0.25) is 10.0 Å². The summed E-state index contributed by atoms with van der Waals surface area (Å²) >= 11 is 0. The Kier molecular flexibility index (Phi) is 4.93. The first kappa shape index (κ1) is 18.3. The molecule has 7 heteroatoms. The summed E-state index contributed by atoms with van der Waals surface area (Å²) in [5.74, 6) is 0. The molecule has 1 unspecified atom stereocenters. The standard InChI is InChI=1S/C21H20N4O2S/c22-18-8-4-16(5-9-18)14-25(15-19-3-1-2-12-23-19)28(26,27)20-10-6-17(7-11-20)21-13-24-21/h1-13,21H,14-15,22H2. The van der Waals surface area contributed by atoms with Crippen LogP contribution in [0.25, 0.3) is 0 Å². The Labute approximate surface area is 164 Å². The molecule has 0 saturated carbocycles. The lowest BCUT2D eigenvalue weighted by molar-refractivity contribution is 0.397. The minimum atomic E-state index is -3.71. The van der Waals surface area contributed by atoms with Gasteiger partial charge < -0.3 is 5.73 Å². The van der Waals surface area contributed by atoms with Crippen LogP contribution in [0.1, 0.15) is 22.9 Å². The quantitative estimate of drug-likeness (QED) is 0.626. The maximum Gasteiger partial charge on any atom is 0.243 e. The van der Waals surface area contributed by atoms with Gasteiger partial charge in [0.05, 0.1) is 17.1 Å². The van der Waals surface area contributed by atoms with Crippen LogP contribution in [0.15, 0.2) is 82.8 Å². The van der Waals surface area contributed by atoms with Gasteiger partial charge in [0.1, 0.15) is 6.04 Å². The summed E-state index contributed by atoms with van der Waals surface area (Å²) in [4.78, 5) is 8.65. The molecule has 0 aliphatic carbocycles. The highest BCUT2D eigenvalue weighted by atomic mass is 32.2. The van der Waals surface area contributed by atoms with Crippen molar-refractivity contribution in [1.29, 1.82) is 0 Å². The maximum atomic E-state index is 13.3. The number of benzene rings is 2. The first-order valence-corrected chi connectivity index (χ1v) is 10.3. The molecule has 1 atom stereocenters. The third-order valence-electron chi connectivity index (χ3n) is 4.56. The number of nitrogens with two attached hydrogens (primary N) is 1. The summed E-state index contributed by atoms with van der Waals surface area (Å²) in [5.41, 5.74) is 8.93. The lowest BCUT2D eigenvalue weighted by Gasteiger charge is -2.22. The SMILES string of the molecule is Nc1ccc(CN(Cc2ccccn2)S(=O)(=O)c2ccc(C3C=N3)cc2)cc1. The maximum absolute atomic E-state index is 13.3. The van der Waals surface area contributed by atoms with Crippen molar-refractivity contribution in [3.8, 4) is 0 Å². The Balaban J connectivity index is 1.64. The molecule has 0 fully saturated rings. The van der Waals surface area contributed by atoms with Crippen LogP contribution in [0, 0.1) is 0 Å². The zero-order valence-corrected chi connectivity index (χ0v) is 16.0. The van der Waals surface area contributed by atoms with Crippen LogP contribution >= 0.6 is 0 Å². The third kappa shape index (κ3) is 4.11. The average Bonchev–Trinajstić information content (AvgIpc) is 3.55. The first-order valence-electron chi connectivity index (χ1n) is 8.90. The van der Waals surface area contributed by atoms with E-state index >= 15 is 0 Å². The summed E-state index contributed by atoms with van der Waals surface area (Å²) in [6, 6.07) is 19.7. The van der Waals surface area contributed by atoms with E-state index in [1.54, 1.807) is 36.5 Å². The predicted octanol–water partition coefficient (Wildman–Crippen LogP) is 3.18. The van der Waals surface area contributed by atoms with Crippen molar-refractivity contribution < 1.29 is 8.42 Å². The second-order valence-electron chi connectivity index (χ2n) is 6.65. The molecule has 2 heterocycles. The van der Waals surface area contributed by atoms with Gasteiger partial charge in [-0.05, 0) is 47.5 Å².